The Balaban J connectivity index is 1.28. The van der Waals surface area contributed by atoms with Crippen LogP contribution in [0.25, 0.3) is 0 Å². The fourth-order valence-corrected chi connectivity index (χ4v) is 4.16. The summed E-state index contributed by atoms with van der Waals surface area (Å²) in [5.74, 6) is 1.02. The molecule has 0 bridgehead atoms. The zero-order valence-electron chi connectivity index (χ0n) is 15.2. The molecular weight excluding hydrogens is 316 g/mol. The van der Waals surface area contributed by atoms with Crippen molar-refractivity contribution in [3.63, 3.8) is 0 Å². The van der Waals surface area contributed by atoms with Crippen molar-refractivity contribution in [3.05, 3.63) is 42.1 Å². The van der Waals surface area contributed by atoms with E-state index < -0.39 is 0 Å². The van der Waals surface area contributed by atoms with Gasteiger partial charge in [0.05, 0.1) is 31.2 Å². The molecule has 25 heavy (non-hydrogen) atoms. The van der Waals surface area contributed by atoms with Gasteiger partial charge in [0.15, 0.2) is 0 Å². The molecule has 2 aliphatic heterocycles. The third-order valence-electron chi connectivity index (χ3n) is 5.73. The SMILES string of the molecule is CN(Cc1ccco1)C1COC2(CCN(Cc3cnn(C)c3)CC2)C1. The van der Waals surface area contributed by atoms with Gasteiger partial charge in [-0.05, 0) is 38.4 Å². The van der Waals surface area contributed by atoms with Crippen molar-refractivity contribution in [1.29, 1.82) is 0 Å². The van der Waals surface area contributed by atoms with E-state index in [0.717, 1.165) is 57.8 Å². The topological polar surface area (TPSA) is 46.7 Å². The van der Waals surface area contributed by atoms with Gasteiger partial charge in [-0.2, -0.15) is 5.10 Å². The molecule has 4 rings (SSSR count). The molecule has 0 N–H and O–H groups in total. The molecule has 6 heteroatoms. The van der Waals surface area contributed by atoms with Gasteiger partial charge >= 0.3 is 0 Å². The highest BCUT2D eigenvalue weighted by atomic mass is 16.5. The first-order valence-electron chi connectivity index (χ1n) is 9.18. The van der Waals surface area contributed by atoms with Crippen LogP contribution in [-0.2, 0) is 24.9 Å². The minimum atomic E-state index is 0.0769. The lowest BCUT2D eigenvalue weighted by molar-refractivity contribution is -0.0452. The maximum absolute atomic E-state index is 6.32. The van der Waals surface area contributed by atoms with Gasteiger partial charge in [0, 0.05) is 44.5 Å². The number of aryl methyl sites for hydroxylation is 1. The molecule has 1 spiro atoms. The predicted molar refractivity (Wildman–Crippen MR) is 95.0 cm³/mol. The van der Waals surface area contributed by atoms with E-state index in [2.05, 4.69) is 28.1 Å². The molecule has 136 valence electrons. The van der Waals surface area contributed by atoms with Gasteiger partial charge in [0.2, 0.25) is 0 Å². The molecule has 4 heterocycles. The lowest BCUT2D eigenvalue weighted by Gasteiger charge is -2.38. The number of ether oxygens (including phenoxy) is 1. The number of hydrogen-bond donors (Lipinski definition) is 0. The van der Waals surface area contributed by atoms with Crippen LogP contribution in [0.2, 0.25) is 0 Å². The van der Waals surface area contributed by atoms with Crippen LogP contribution in [0.1, 0.15) is 30.6 Å². The lowest BCUT2D eigenvalue weighted by atomic mass is 9.87. The molecule has 6 nitrogen and oxygen atoms in total. The lowest BCUT2D eigenvalue weighted by Crippen LogP contribution is -2.44. The zero-order chi connectivity index (χ0) is 17.3. The molecule has 2 saturated heterocycles. The highest BCUT2D eigenvalue weighted by Crippen LogP contribution is 2.38. The number of furan rings is 1. The molecule has 1 unspecified atom stereocenters. The molecular formula is C19H28N4O2. The fraction of sp³-hybridized carbons (Fsp3) is 0.632. The molecule has 0 aliphatic carbocycles. The van der Waals surface area contributed by atoms with Crippen LogP contribution in [-0.4, -0.2) is 58.0 Å². The van der Waals surface area contributed by atoms with Gasteiger partial charge in [0.1, 0.15) is 5.76 Å². The van der Waals surface area contributed by atoms with E-state index in [0.29, 0.717) is 6.04 Å². The Morgan fingerprint density at radius 1 is 1.36 bits per heavy atom. The third-order valence-corrected chi connectivity index (χ3v) is 5.73. The minimum absolute atomic E-state index is 0.0769. The summed E-state index contributed by atoms with van der Waals surface area (Å²) in [6.07, 6.45) is 9.20. The Labute approximate surface area is 149 Å². The highest BCUT2D eigenvalue weighted by Gasteiger charge is 2.43. The van der Waals surface area contributed by atoms with Crippen molar-refractivity contribution in [1.82, 2.24) is 19.6 Å². The summed E-state index contributed by atoms with van der Waals surface area (Å²) in [6.45, 7) is 4.88. The largest absolute Gasteiger partial charge is 0.468 e. The summed E-state index contributed by atoms with van der Waals surface area (Å²) in [6, 6.07) is 4.47. The van der Waals surface area contributed by atoms with E-state index in [1.54, 1.807) is 6.26 Å². The molecule has 2 aromatic rings. The van der Waals surface area contributed by atoms with E-state index >= 15 is 0 Å². The third kappa shape index (κ3) is 3.81. The maximum atomic E-state index is 6.32. The second-order valence-electron chi connectivity index (χ2n) is 7.64. The van der Waals surface area contributed by atoms with Crippen LogP contribution in [0.3, 0.4) is 0 Å². The molecule has 0 radical (unpaired) electrons. The molecule has 0 saturated carbocycles. The van der Waals surface area contributed by atoms with Gasteiger partial charge in [-0.1, -0.05) is 0 Å². The van der Waals surface area contributed by atoms with Crippen molar-refractivity contribution in [2.24, 2.45) is 7.05 Å². The van der Waals surface area contributed by atoms with E-state index in [9.17, 15) is 0 Å². The van der Waals surface area contributed by atoms with Gasteiger partial charge in [-0.25, -0.2) is 0 Å². The van der Waals surface area contributed by atoms with E-state index in [1.807, 2.05) is 30.1 Å². The van der Waals surface area contributed by atoms with E-state index in [1.165, 1.54) is 5.56 Å². The van der Waals surface area contributed by atoms with Crippen LogP contribution in [0, 0.1) is 0 Å². The van der Waals surface area contributed by atoms with E-state index in [-0.39, 0.29) is 5.60 Å². The summed E-state index contributed by atoms with van der Waals surface area (Å²) in [5.41, 5.74) is 1.37. The predicted octanol–water partition coefficient (Wildman–Crippen LogP) is 2.27. The minimum Gasteiger partial charge on any atom is -0.468 e. The number of rotatable bonds is 5. The molecule has 2 aliphatic rings. The number of piperidine rings is 1. The Kier molecular flexibility index (Phi) is 4.67. The number of aromatic nitrogens is 2. The first-order chi connectivity index (χ1) is 12.1. The smallest absolute Gasteiger partial charge is 0.117 e. The Morgan fingerprint density at radius 3 is 2.88 bits per heavy atom. The van der Waals surface area contributed by atoms with Crippen LogP contribution >= 0.6 is 0 Å². The van der Waals surface area contributed by atoms with Crippen molar-refractivity contribution >= 4 is 0 Å². The zero-order valence-corrected chi connectivity index (χ0v) is 15.2. The summed E-state index contributed by atoms with van der Waals surface area (Å²) in [5, 5.41) is 4.26. The van der Waals surface area contributed by atoms with Crippen LogP contribution in [0.15, 0.2) is 35.2 Å². The van der Waals surface area contributed by atoms with E-state index in [4.69, 9.17) is 9.15 Å². The van der Waals surface area contributed by atoms with Crippen LogP contribution < -0.4 is 0 Å². The summed E-state index contributed by atoms with van der Waals surface area (Å²) >= 11 is 0. The highest BCUT2D eigenvalue weighted by molar-refractivity contribution is 5.05. The molecule has 0 amide bonds. The quantitative estimate of drug-likeness (QED) is 0.833. The monoisotopic (exact) mass is 344 g/mol. The van der Waals surface area contributed by atoms with Gasteiger partial charge in [-0.3, -0.25) is 14.5 Å². The second-order valence-corrected chi connectivity index (χ2v) is 7.64. The number of nitrogens with zero attached hydrogens (tertiary/aromatic N) is 4. The first-order valence-corrected chi connectivity index (χ1v) is 9.18. The second kappa shape index (κ2) is 6.94. The van der Waals surface area contributed by atoms with Crippen LogP contribution in [0.5, 0.6) is 0 Å². The van der Waals surface area contributed by atoms with Gasteiger partial charge in [-0.15, -0.1) is 0 Å². The Morgan fingerprint density at radius 2 is 2.20 bits per heavy atom. The molecule has 0 aromatic carbocycles. The molecule has 1 atom stereocenters. The van der Waals surface area contributed by atoms with Crippen LogP contribution in [0.4, 0.5) is 0 Å². The number of likely N-dealkylation sites (N-methyl/N-ethyl adjacent to an activating group) is 1. The van der Waals surface area contributed by atoms with Crippen molar-refractivity contribution < 1.29 is 9.15 Å². The number of likely N-dealkylation sites (tertiary alicyclic amines) is 1. The molecule has 2 aromatic heterocycles. The first kappa shape index (κ1) is 16.8. The van der Waals surface area contributed by atoms with Crippen molar-refractivity contribution in [2.75, 3.05) is 26.7 Å². The normalized spacial score (nSPS) is 23.7. The average Bonchev–Trinajstić information content (AvgIpc) is 3.33. The van der Waals surface area contributed by atoms with Crippen molar-refractivity contribution in [3.8, 4) is 0 Å². The average molecular weight is 344 g/mol. The summed E-state index contributed by atoms with van der Waals surface area (Å²) in [4.78, 5) is 4.89. The fourth-order valence-electron chi connectivity index (χ4n) is 4.16. The summed E-state index contributed by atoms with van der Waals surface area (Å²) < 4.78 is 13.7. The Bertz CT molecular complexity index is 673. The Hall–Kier alpha value is -1.63. The van der Waals surface area contributed by atoms with Gasteiger partial charge < -0.3 is 9.15 Å². The maximum Gasteiger partial charge on any atom is 0.117 e. The van der Waals surface area contributed by atoms with Gasteiger partial charge in [0.25, 0.3) is 0 Å². The standard InChI is InChI=1S/C19H28N4O2/c1-21(14-18-4-3-9-24-18)17-10-19(25-15-17)5-7-23(8-6-19)13-16-11-20-22(2)12-16/h3-4,9,11-12,17H,5-8,10,13-15H2,1-2H3. The van der Waals surface area contributed by atoms with Crippen molar-refractivity contribution in [2.45, 2.75) is 44.0 Å². The molecule has 2 fully saturated rings. The number of hydrogen-bond acceptors (Lipinski definition) is 5. The summed E-state index contributed by atoms with van der Waals surface area (Å²) in [7, 11) is 4.15.